The Morgan fingerprint density at radius 3 is 0.530 bits per heavy atom. The monoisotopic (exact) mass is 1550 g/mol. The van der Waals surface area contributed by atoms with Crippen molar-refractivity contribution < 1.29 is 122 Å². The molecule has 0 bridgehead atoms. The standard InChI is InChI=1S/C36H54P3Si.C32H12BF24.Fe.N2/c1-25(2)37(26(3)4)31-19-13-16-22-34(31)40(35-23-17-14-20-32(35)38(27(5)6)28(7)8)36-24-18-15-21-33(36)39(29(9)10)30(11)12;34-25(35,36)13-1-14(26(37,38)39)6-21(5-13)33(22-7-15(27(40,41)42)2-16(8-22)28(43,44)45,23-9-17(29(46,47)48)3-18(10-23)30(49,50)51)24-11-19(31(52,53)54)4-20(12-24)32(55,56)57;;1-2/h13-30H,1-12H3;1-12H;;/q2*-1;+2;. The summed E-state index contributed by atoms with van der Waals surface area (Å²) in [6, 6.07) is 20.1. The molecule has 0 radical (unpaired) electrons. The third kappa shape index (κ3) is 20.2. The second-order valence-electron chi connectivity index (χ2n) is 24.9. The molecule has 0 aliphatic heterocycles. The molecule has 7 aromatic rings. The Morgan fingerprint density at radius 1 is 0.260 bits per heavy atom. The van der Waals surface area contributed by atoms with Crippen LogP contribution in [0, 0.1) is 10.8 Å². The zero-order chi connectivity index (χ0) is 75.6. The normalized spacial score (nSPS) is 13.2. The number of alkyl halides is 24. The van der Waals surface area contributed by atoms with Crippen molar-refractivity contribution in [3.63, 3.8) is 0 Å². The van der Waals surface area contributed by atoms with Gasteiger partial charge in [0, 0.05) is 10.8 Å². The van der Waals surface area contributed by atoms with Crippen molar-refractivity contribution in [3.05, 3.63) is 190 Å². The minimum absolute atomic E-state index is 0. The van der Waals surface area contributed by atoms with Gasteiger partial charge < -0.3 is 0 Å². The van der Waals surface area contributed by atoms with Gasteiger partial charge in [0.15, 0.2) is 0 Å². The molecule has 0 heterocycles. The predicted octanol–water partition coefficient (Wildman–Crippen LogP) is 19.2. The van der Waals surface area contributed by atoms with Crippen LogP contribution in [0.2, 0.25) is 0 Å². The van der Waals surface area contributed by atoms with Gasteiger partial charge in [-0.3, -0.25) is 0 Å². The number of benzene rings is 7. The fourth-order valence-corrected chi connectivity index (χ4v) is 26.3. The van der Waals surface area contributed by atoms with Crippen LogP contribution in [0.4, 0.5) is 105 Å². The van der Waals surface area contributed by atoms with Gasteiger partial charge in [0.2, 0.25) is 0 Å². The second kappa shape index (κ2) is 32.6. The van der Waals surface area contributed by atoms with Crippen LogP contribution in [-0.4, -0.2) is 48.9 Å². The molecular formula is C68H66BF24FeN2P3Si. The Labute approximate surface area is 579 Å². The van der Waals surface area contributed by atoms with E-state index in [4.69, 9.17) is 10.8 Å². The van der Waals surface area contributed by atoms with Gasteiger partial charge in [-0.25, -0.2) is 8.80 Å². The van der Waals surface area contributed by atoms with E-state index in [0.29, 0.717) is 34.0 Å². The fourth-order valence-electron chi connectivity index (χ4n) is 12.7. The average molecular weight is 1550 g/mol. The van der Waals surface area contributed by atoms with Gasteiger partial charge in [0.05, 0.1) is 44.5 Å². The Hall–Kier alpha value is -5.63. The van der Waals surface area contributed by atoms with Crippen molar-refractivity contribution in [1.82, 2.24) is 0 Å². The summed E-state index contributed by atoms with van der Waals surface area (Å²) < 4.78 is 341. The molecule has 100 heavy (non-hydrogen) atoms. The number of halogens is 24. The van der Waals surface area contributed by atoms with E-state index in [1.807, 2.05) is 0 Å². The van der Waals surface area contributed by atoms with E-state index in [1.165, 1.54) is 0 Å². The van der Waals surface area contributed by atoms with E-state index in [-0.39, 0.29) is 40.8 Å². The van der Waals surface area contributed by atoms with Crippen LogP contribution in [0.25, 0.3) is 0 Å². The first-order valence-electron chi connectivity index (χ1n) is 30.2. The molecule has 0 amide bonds. The van der Waals surface area contributed by atoms with Gasteiger partial charge in [-0.1, -0.05) is 244 Å². The molecule has 546 valence electrons. The van der Waals surface area contributed by atoms with Gasteiger partial charge in [-0.05, 0) is 58.2 Å². The van der Waals surface area contributed by atoms with Crippen molar-refractivity contribution in [2.24, 2.45) is 0 Å². The molecule has 7 aromatic carbocycles. The molecule has 7 rings (SSSR count). The number of nitrogens with zero attached hydrogens (tertiary/aromatic N) is 2. The number of rotatable bonds is 16. The third-order valence-corrected chi connectivity index (χ3v) is 29.2. The van der Waals surface area contributed by atoms with Crippen LogP contribution in [0.1, 0.15) is 128 Å². The minimum atomic E-state index is -6.13. The first kappa shape index (κ1) is 86.8. The molecule has 0 N–H and O–H groups in total. The van der Waals surface area contributed by atoms with E-state index >= 15 is 0 Å². The molecule has 0 saturated carbocycles. The molecule has 0 aliphatic carbocycles. The quantitative estimate of drug-likeness (QED) is 0.0318. The molecule has 0 spiro atoms. The van der Waals surface area contributed by atoms with Gasteiger partial charge in [0.25, 0.3) is 0 Å². The summed E-state index contributed by atoms with van der Waals surface area (Å²) in [5, 5.41) is 21.9. The fraction of sp³-hybridized carbons (Fsp3) is 0.382. The zero-order valence-corrected chi connectivity index (χ0v) is 59.8. The largest absolute Gasteiger partial charge is 2.00 e. The molecule has 0 aliphatic rings. The zero-order valence-electron chi connectivity index (χ0n) is 55.1. The molecule has 0 saturated heterocycles. The summed E-state index contributed by atoms with van der Waals surface area (Å²) in [6.07, 6.45) is -54.8. The first-order valence-corrected chi connectivity index (χ1v) is 36.1. The summed E-state index contributed by atoms with van der Waals surface area (Å²) in [4.78, 5) is 0. The summed E-state index contributed by atoms with van der Waals surface area (Å²) in [5.41, 5.74) is -26.2. The first-order chi connectivity index (χ1) is 45.1. The Kier molecular flexibility index (Phi) is 28.3. The molecule has 0 aromatic heterocycles. The van der Waals surface area contributed by atoms with Crippen LogP contribution >= 0.6 is 23.8 Å². The van der Waals surface area contributed by atoms with Crippen LogP contribution in [0.5, 0.6) is 0 Å². The predicted molar refractivity (Wildman–Crippen MR) is 348 cm³/mol. The maximum atomic E-state index is 14.2. The van der Waals surface area contributed by atoms with E-state index in [0.717, 1.165) is 0 Å². The topological polar surface area (TPSA) is 47.6 Å². The van der Waals surface area contributed by atoms with Crippen molar-refractivity contribution in [1.29, 1.82) is 10.8 Å². The smallest absolute Gasteiger partial charge is 0.217 e. The Bertz CT molecular complexity index is 3310. The van der Waals surface area contributed by atoms with E-state index in [2.05, 4.69) is 156 Å². The van der Waals surface area contributed by atoms with E-state index in [1.54, 1.807) is 31.5 Å². The van der Waals surface area contributed by atoms with Crippen LogP contribution < -0.4 is 53.3 Å². The number of hydrogen-bond acceptors (Lipinski definition) is 2. The van der Waals surface area contributed by atoms with Crippen molar-refractivity contribution in [2.75, 3.05) is 0 Å². The maximum Gasteiger partial charge on any atom is 2.00 e. The van der Waals surface area contributed by atoms with Gasteiger partial charge in [-0.2, -0.15) is 143 Å². The third-order valence-electron chi connectivity index (χ3n) is 16.1. The maximum absolute atomic E-state index is 14.2. The Balaban J connectivity index is 0.000000434. The summed E-state index contributed by atoms with van der Waals surface area (Å²) in [5.74, 6) is 0. The van der Waals surface area contributed by atoms with E-state index < -0.39 is 204 Å². The SMILES string of the molecule is CC(C)P(c1ccccc1[Si-](c1ccccc1P(C(C)C)C(C)C)c1ccccc1P(C(C)C)C(C)C)C(C)C.FC(F)(F)c1cc([B-](c2cc(C(F)(F)F)cc(C(F)(F)F)c2)(c2cc(C(F)(F)F)cc(C(F)(F)F)c2)c2cc(C(F)(F)F)cc(C(F)(F)F)c2)cc(C(F)(F)F)c1.N#N.[Fe+2]. The summed E-state index contributed by atoms with van der Waals surface area (Å²) >= 11 is 0. The molecule has 0 unspecified atom stereocenters. The summed E-state index contributed by atoms with van der Waals surface area (Å²) in [6.45, 7) is 29.4. The summed E-state index contributed by atoms with van der Waals surface area (Å²) in [7, 11) is -2.06. The molecule has 2 nitrogen and oxygen atoms in total. The van der Waals surface area contributed by atoms with Gasteiger partial charge >= 0.3 is 66.5 Å². The van der Waals surface area contributed by atoms with Gasteiger partial charge in [0.1, 0.15) is 6.15 Å². The van der Waals surface area contributed by atoms with Crippen LogP contribution in [-0.2, 0) is 66.5 Å². The molecule has 32 heteroatoms. The van der Waals surface area contributed by atoms with Crippen LogP contribution in [0.3, 0.4) is 0 Å². The molecule has 0 fully saturated rings. The molecule has 0 atom stereocenters. The average Bonchev–Trinajstić information content (AvgIpc) is 0.711. The van der Waals surface area contributed by atoms with Crippen molar-refractivity contribution >= 4 is 92.0 Å². The molecular weight excluding hydrogens is 1490 g/mol. The van der Waals surface area contributed by atoms with Gasteiger partial charge in [-0.15, -0.1) is 0 Å². The minimum Gasteiger partial charge on any atom is -0.217 e. The number of hydrogen-bond donors (Lipinski definition) is 0. The second-order valence-corrected chi connectivity index (χ2v) is 37.4. The Morgan fingerprint density at radius 2 is 0.400 bits per heavy atom. The van der Waals surface area contributed by atoms with Crippen molar-refractivity contribution in [3.8, 4) is 0 Å². The van der Waals surface area contributed by atoms with E-state index in [9.17, 15) is 105 Å². The van der Waals surface area contributed by atoms with Crippen molar-refractivity contribution in [2.45, 2.75) is 166 Å². The van der Waals surface area contributed by atoms with Crippen LogP contribution in [0.15, 0.2) is 146 Å².